The van der Waals surface area contributed by atoms with E-state index in [-0.39, 0.29) is 0 Å². The second kappa shape index (κ2) is 4.31. The minimum absolute atomic E-state index is 0.347. The van der Waals surface area contributed by atoms with Crippen molar-refractivity contribution in [3.63, 3.8) is 0 Å². The van der Waals surface area contributed by atoms with Gasteiger partial charge in [0.2, 0.25) is 5.89 Å². The van der Waals surface area contributed by atoms with E-state index in [1.54, 1.807) is 0 Å². The van der Waals surface area contributed by atoms with Gasteiger partial charge in [0.15, 0.2) is 5.82 Å². The van der Waals surface area contributed by atoms with Gasteiger partial charge in [-0.3, -0.25) is 0 Å². The lowest BCUT2D eigenvalue weighted by Crippen LogP contribution is -2.01. The van der Waals surface area contributed by atoms with Gasteiger partial charge in [0.1, 0.15) is 6.10 Å². The molecule has 4 nitrogen and oxygen atoms in total. The SMILES string of the molecule is CCCC(O)c1noc(C(C)C2CC2)n1. The van der Waals surface area contributed by atoms with E-state index in [1.165, 1.54) is 12.8 Å². The molecule has 0 aliphatic heterocycles. The number of hydrogen-bond acceptors (Lipinski definition) is 4. The Bertz CT molecular complexity index is 320. The fourth-order valence-corrected chi connectivity index (χ4v) is 1.77. The second-order valence-corrected chi connectivity index (χ2v) is 4.42. The molecular formula is C11H18N2O2. The summed E-state index contributed by atoms with van der Waals surface area (Å²) in [6.45, 7) is 4.14. The lowest BCUT2D eigenvalue weighted by Gasteiger charge is -2.03. The molecule has 1 N–H and O–H groups in total. The summed E-state index contributed by atoms with van der Waals surface area (Å²) in [6.07, 6.45) is 3.56. The number of aromatic nitrogens is 2. The van der Waals surface area contributed by atoms with Crippen LogP contribution < -0.4 is 0 Å². The minimum atomic E-state index is -0.570. The Balaban J connectivity index is 2.02. The van der Waals surface area contributed by atoms with Gasteiger partial charge in [-0.05, 0) is 25.2 Å². The number of nitrogens with zero attached hydrogens (tertiary/aromatic N) is 2. The van der Waals surface area contributed by atoms with Crippen molar-refractivity contribution in [3.8, 4) is 0 Å². The first-order valence-corrected chi connectivity index (χ1v) is 5.74. The van der Waals surface area contributed by atoms with Crippen LogP contribution in [0.1, 0.15) is 63.3 Å². The van der Waals surface area contributed by atoms with Crippen LogP contribution in [-0.2, 0) is 0 Å². The standard InChI is InChI=1S/C11H18N2O2/c1-3-4-9(14)10-12-11(15-13-10)7(2)8-5-6-8/h7-9,14H,3-6H2,1-2H3. The molecule has 84 valence electrons. The van der Waals surface area contributed by atoms with Crippen LogP contribution in [0.15, 0.2) is 4.52 Å². The molecule has 1 aliphatic carbocycles. The summed E-state index contributed by atoms with van der Waals surface area (Å²) in [4.78, 5) is 4.26. The molecule has 15 heavy (non-hydrogen) atoms. The molecule has 4 heteroatoms. The van der Waals surface area contributed by atoms with Gasteiger partial charge in [-0.15, -0.1) is 0 Å². The van der Waals surface area contributed by atoms with Crippen LogP contribution in [0.5, 0.6) is 0 Å². The van der Waals surface area contributed by atoms with E-state index in [0.717, 1.165) is 6.42 Å². The van der Waals surface area contributed by atoms with Crippen molar-refractivity contribution >= 4 is 0 Å². The summed E-state index contributed by atoms with van der Waals surface area (Å²) in [5.74, 6) is 2.18. The Morgan fingerprint density at radius 3 is 2.87 bits per heavy atom. The number of aliphatic hydroxyl groups is 1. The minimum Gasteiger partial charge on any atom is -0.385 e. The van der Waals surface area contributed by atoms with Gasteiger partial charge in [0.25, 0.3) is 0 Å². The van der Waals surface area contributed by atoms with Crippen LogP contribution in [0.2, 0.25) is 0 Å². The van der Waals surface area contributed by atoms with Crippen molar-refractivity contribution < 1.29 is 9.63 Å². The molecule has 1 heterocycles. The van der Waals surface area contributed by atoms with Crippen LogP contribution in [-0.4, -0.2) is 15.2 Å². The number of aliphatic hydroxyl groups excluding tert-OH is 1. The normalized spacial score (nSPS) is 20.2. The second-order valence-electron chi connectivity index (χ2n) is 4.42. The first kappa shape index (κ1) is 10.6. The predicted octanol–water partition coefficient (Wildman–Crippen LogP) is 2.42. The van der Waals surface area contributed by atoms with Crippen LogP contribution in [0.25, 0.3) is 0 Å². The maximum atomic E-state index is 9.68. The van der Waals surface area contributed by atoms with E-state index in [0.29, 0.717) is 30.0 Å². The molecule has 1 aromatic heterocycles. The zero-order valence-corrected chi connectivity index (χ0v) is 9.31. The van der Waals surface area contributed by atoms with E-state index in [9.17, 15) is 5.11 Å². The summed E-state index contributed by atoms with van der Waals surface area (Å²) >= 11 is 0. The van der Waals surface area contributed by atoms with Gasteiger partial charge in [0.05, 0.1) is 0 Å². The van der Waals surface area contributed by atoms with Crippen LogP contribution in [0, 0.1) is 5.92 Å². The number of rotatable bonds is 5. The van der Waals surface area contributed by atoms with Gasteiger partial charge < -0.3 is 9.63 Å². The van der Waals surface area contributed by atoms with E-state index in [4.69, 9.17) is 4.52 Å². The highest BCUT2D eigenvalue weighted by Crippen LogP contribution is 2.41. The molecule has 0 spiro atoms. The highest BCUT2D eigenvalue weighted by molar-refractivity contribution is 5.00. The van der Waals surface area contributed by atoms with Crippen molar-refractivity contribution in [2.24, 2.45) is 5.92 Å². The molecule has 1 aromatic rings. The summed E-state index contributed by atoms with van der Waals surface area (Å²) in [7, 11) is 0. The summed E-state index contributed by atoms with van der Waals surface area (Å²) < 4.78 is 5.17. The van der Waals surface area contributed by atoms with Crippen molar-refractivity contribution in [2.75, 3.05) is 0 Å². The smallest absolute Gasteiger partial charge is 0.229 e. The summed E-state index contributed by atoms with van der Waals surface area (Å²) in [6, 6.07) is 0. The zero-order valence-electron chi connectivity index (χ0n) is 9.31. The van der Waals surface area contributed by atoms with Gasteiger partial charge in [0, 0.05) is 5.92 Å². The van der Waals surface area contributed by atoms with Crippen molar-refractivity contribution in [1.82, 2.24) is 10.1 Å². The van der Waals surface area contributed by atoms with E-state index in [2.05, 4.69) is 17.1 Å². The molecule has 1 saturated carbocycles. The van der Waals surface area contributed by atoms with Crippen LogP contribution in [0.4, 0.5) is 0 Å². The number of hydrogen-bond donors (Lipinski definition) is 1. The summed E-state index contributed by atoms with van der Waals surface area (Å²) in [5, 5.41) is 13.5. The Hall–Kier alpha value is -0.900. The van der Waals surface area contributed by atoms with Crippen molar-refractivity contribution in [1.29, 1.82) is 0 Å². The van der Waals surface area contributed by atoms with Gasteiger partial charge in [-0.2, -0.15) is 4.98 Å². The van der Waals surface area contributed by atoms with E-state index in [1.807, 2.05) is 6.92 Å². The monoisotopic (exact) mass is 210 g/mol. The Morgan fingerprint density at radius 2 is 2.27 bits per heavy atom. The fraction of sp³-hybridized carbons (Fsp3) is 0.818. The average Bonchev–Trinajstić information content (AvgIpc) is 2.95. The quantitative estimate of drug-likeness (QED) is 0.810. The van der Waals surface area contributed by atoms with Gasteiger partial charge in [-0.25, -0.2) is 0 Å². The molecule has 0 bridgehead atoms. The molecule has 2 atom stereocenters. The molecule has 1 aliphatic rings. The first-order chi connectivity index (χ1) is 7.22. The molecule has 0 amide bonds. The Morgan fingerprint density at radius 1 is 1.53 bits per heavy atom. The molecule has 0 saturated heterocycles. The van der Waals surface area contributed by atoms with Crippen molar-refractivity contribution in [3.05, 3.63) is 11.7 Å². The largest absolute Gasteiger partial charge is 0.385 e. The van der Waals surface area contributed by atoms with Gasteiger partial charge >= 0.3 is 0 Å². The molecule has 2 rings (SSSR count). The third-order valence-electron chi connectivity index (χ3n) is 3.04. The lowest BCUT2D eigenvalue weighted by molar-refractivity contribution is 0.152. The first-order valence-electron chi connectivity index (χ1n) is 5.74. The van der Waals surface area contributed by atoms with E-state index >= 15 is 0 Å². The van der Waals surface area contributed by atoms with Crippen LogP contribution in [0.3, 0.4) is 0 Å². The molecule has 1 fully saturated rings. The third kappa shape index (κ3) is 2.37. The fourth-order valence-electron chi connectivity index (χ4n) is 1.77. The Kier molecular flexibility index (Phi) is 3.05. The zero-order chi connectivity index (χ0) is 10.8. The topological polar surface area (TPSA) is 59.2 Å². The molecular weight excluding hydrogens is 192 g/mol. The Labute approximate surface area is 89.7 Å². The predicted molar refractivity (Wildman–Crippen MR) is 55.3 cm³/mol. The molecule has 2 unspecified atom stereocenters. The molecule has 0 radical (unpaired) electrons. The van der Waals surface area contributed by atoms with Crippen LogP contribution >= 0.6 is 0 Å². The summed E-state index contributed by atoms with van der Waals surface area (Å²) in [5.41, 5.74) is 0. The lowest BCUT2D eigenvalue weighted by atomic mass is 10.1. The maximum absolute atomic E-state index is 9.68. The maximum Gasteiger partial charge on any atom is 0.229 e. The third-order valence-corrected chi connectivity index (χ3v) is 3.04. The highest BCUT2D eigenvalue weighted by Gasteiger charge is 2.32. The highest BCUT2D eigenvalue weighted by atomic mass is 16.5. The van der Waals surface area contributed by atoms with E-state index < -0.39 is 6.10 Å². The van der Waals surface area contributed by atoms with Gasteiger partial charge in [-0.1, -0.05) is 25.4 Å². The van der Waals surface area contributed by atoms with Crippen molar-refractivity contribution in [2.45, 2.75) is 51.6 Å². The average molecular weight is 210 g/mol. The molecule has 0 aromatic carbocycles.